The fourth-order valence-electron chi connectivity index (χ4n) is 1.72. The summed E-state index contributed by atoms with van der Waals surface area (Å²) in [7, 11) is -1.57. The minimum absolute atomic E-state index is 0.104. The Morgan fingerprint density at radius 1 is 1.10 bits per heavy atom. The third-order valence-electron chi connectivity index (χ3n) is 2.81. The Kier molecular flexibility index (Phi) is 4.43. The Labute approximate surface area is 122 Å². The first kappa shape index (κ1) is 15.3. The predicted molar refractivity (Wildman–Crippen MR) is 72.7 cm³/mol. The molecular weight excluding hydrogens is 299 g/mol. The molecule has 2 aromatic rings. The number of rotatable bonds is 3. The van der Waals surface area contributed by atoms with Crippen molar-refractivity contribution in [2.24, 2.45) is 0 Å². The molecule has 2 nitrogen and oxygen atoms in total. The van der Waals surface area contributed by atoms with Crippen molar-refractivity contribution >= 4 is 10.8 Å². The van der Waals surface area contributed by atoms with Gasteiger partial charge in [-0.3, -0.25) is 4.21 Å². The van der Waals surface area contributed by atoms with E-state index in [4.69, 9.17) is 5.26 Å². The zero-order valence-corrected chi connectivity index (χ0v) is 11.5. The monoisotopic (exact) mass is 309 g/mol. The standard InChI is InChI=1S/C15H10F3NOS/c16-15(17,18)13-2-1-3-14(8-13)21(20)10-12-6-4-11(9-19)5-7-12/h1-8H,10H2. The molecule has 0 aromatic heterocycles. The number of hydrogen-bond donors (Lipinski definition) is 0. The first-order chi connectivity index (χ1) is 9.90. The average Bonchev–Trinajstić information content (AvgIpc) is 2.47. The van der Waals surface area contributed by atoms with Crippen molar-refractivity contribution in [1.82, 2.24) is 0 Å². The van der Waals surface area contributed by atoms with Crippen LogP contribution in [-0.4, -0.2) is 4.21 Å². The lowest BCUT2D eigenvalue weighted by molar-refractivity contribution is -0.137. The maximum Gasteiger partial charge on any atom is 0.416 e. The first-order valence-electron chi connectivity index (χ1n) is 5.95. The molecule has 0 saturated carbocycles. The van der Waals surface area contributed by atoms with Crippen LogP contribution in [0, 0.1) is 11.3 Å². The topological polar surface area (TPSA) is 40.9 Å². The minimum Gasteiger partial charge on any atom is -0.254 e. The SMILES string of the molecule is N#Cc1ccc(CS(=O)c2cccc(C(F)(F)F)c2)cc1. The summed E-state index contributed by atoms with van der Waals surface area (Å²) in [6, 6.07) is 12.9. The third-order valence-corrected chi connectivity index (χ3v) is 4.18. The highest BCUT2D eigenvalue weighted by atomic mass is 32.2. The van der Waals surface area contributed by atoms with Gasteiger partial charge in [-0.2, -0.15) is 18.4 Å². The van der Waals surface area contributed by atoms with Gasteiger partial charge in [0.1, 0.15) is 0 Å². The molecule has 0 aliphatic heterocycles. The van der Waals surface area contributed by atoms with Crippen molar-refractivity contribution < 1.29 is 17.4 Å². The maximum absolute atomic E-state index is 12.6. The number of nitriles is 1. The largest absolute Gasteiger partial charge is 0.416 e. The molecule has 6 heteroatoms. The Morgan fingerprint density at radius 2 is 1.76 bits per heavy atom. The summed E-state index contributed by atoms with van der Waals surface area (Å²) in [5.74, 6) is 0.104. The van der Waals surface area contributed by atoms with Gasteiger partial charge in [-0.15, -0.1) is 0 Å². The van der Waals surface area contributed by atoms with E-state index in [0.717, 1.165) is 12.1 Å². The van der Waals surface area contributed by atoms with Crippen molar-refractivity contribution in [3.8, 4) is 6.07 Å². The predicted octanol–water partition coefficient (Wildman–Crippen LogP) is 3.88. The summed E-state index contributed by atoms with van der Waals surface area (Å²) in [6.45, 7) is 0. The highest BCUT2D eigenvalue weighted by Crippen LogP contribution is 2.30. The van der Waals surface area contributed by atoms with Gasteiger partial charge in [0.05, 0.1) is 33.7 Å². The van der Waals surface area contributed by atoms with Gasteiger partial charge in [0, 0.05) is 4.90 Å². The van der Waals surface area contributed by atoms with Crippen LogP contribution in [-0.2, 0) is 22.7 Å². The van der Waals surface area contributed by atoms with Crippen LogP contribution in [0.15, 0.2) is 53.4 Å². The molecule has 0 aliphatic carbocycles. The average molecular weight is 309 g/mol. The van der Waals surface area contributed by atoms with Crippen molar-refractivity contribution in [1.29, 1.82) is 5.26 Å². The molecule has 0 spiro atoms. The van der Waals surface area contributed by atoms with Gasteiger partial charge in [0.25, 0.3) is 0 Å². The molecule has 1 atom stereocenters. The molecule has 108 valence electrons. The van der Waals surface area contributed by atoms with E-state index in [0.29, 0.717) is 11.1 Å². The molecule has 0 amide bonds. The van der Waals surface area contributed by atoms with Crippen molar-refractivity contribution in [2.45, 2.75) is 16.8 Å². The van der Waals surface area contributed by atoms with Crippen LogP contribution in [0.5, 0.6) is 0 Å². The zero-order chi connectivity index (χ0) is 15.5. The second kappa shape index (κ2) is 6.10. The molecule has 0 saturated heterocycles. The normalized spacial score (nSPS) is 12.7. The molecule has 0 N–H and O–H groups in total. The summed E-state index contributed by atoms with van der Waals surface area (Å²) in [5.41, 5.74) is 0.363. The molecule has 1 unspecified atom stereocenters. The van der Waals surface area contributed by atoms with Crippen LogP contribution in [0.4, 0.5) is 13.2 Å². The van der Waals surface area contributed by atoms with E-state index < -0.39 is 22.5 Å². The Morgan fingerprint density at radius 3 is 2.33 bits per heavy atom. The lowest BCUT2D eigenvalue weighted by atomic mass is 10.2. The smallest absolute Gasteiger partial charge is 0.254 e. The van der Waals surface area contributed by atoms with Gasteiger partial charge in [-0.1, -0.05) is 18.2 Å². The quantitative estimate of drug-likeness (QED) is 0.863. The van der Waals surface area contributed by atoms with Crippen LogP contribution < -0.4 is 0 Å². The number of halogens is 3. The summed E-state index contributed by atoms with van der Waals surface area (Å²) < 4.78 is 50.0. The lowest BCUT2D eigenvalue weighted by Gasteiger charge is -2.08. The van der Waals surface area contributed by atoms with Crippen molar-refractivity contribution in [2.75, 3.05) is 0 Å². The second-order valence-electron chi connectivity index (χ2n) is 4.32. The number of nitrogens with zero attached hydrogens (tertiary/aromatic N) is 1. The van der Waals surface area contributed by atoms with E-state index in [1.54, 1.807) is 24.3 Å². The van der Waals surface area contributed by atoms with Gasteiger partial charge in [-0.25, -0.2) is 0 Å². The minimum atomic E-state index is -4.45. The highest BCUT2D eigenvalue weighted by Gasteiger charge is 2.30. The summed E-state index contributed by atoms with van der Waals surface area (Å²) >= 11 is 0. The van der Waals surface area contributed by atoms with Crippen molar-refractivity contribution in [3.05, 3.63) is 65.2 Å². The summed E-state index contributed by atoms with van der Waals surface area (Å²) in [6.07, 6.45) is -4.45. The molecule has 2 aromatic carbocycles. The highest BCUT2D eigenvalue weighted by molar-refractivity contribution is 7.84. The first-order valence-corrected chi connectivity index (χ1v) is 7.27. The van der Waals surface area contributed by atoms with Gasteiger partial charge >= 0.3 is 6.18 Å². The summed E-state index contributed by atoms with van der Waals surface area (Å²) in [4.78, 5) is 0.134. The summed E-state index contributed by atoms with van der Waals surface area (Å²) in [5, 5.41) is 8.68. The van der Waals surface area contributed by atoms with E-state index in [2.05, 4.69) is 0 Å². The molecule has 21 heavy (non-hydrogen) atoms. The third kappa shape index (κ3) is 3.92. The maximum atomic E-state index is 12.6. The van der Waals surface area contributed by atoms with E-state index in [1.807, 2.05) is 6.07 Å². The second-order valence-corrected chi connectivity index (χ2v) is 5.78. The van der Waals surface area contributed by atoms with E-state index in [9.17, 15) is 17.4 Å². The fourth-order valence-corrected chi connectivity index (χ4v) is 2.87. The molecule has 0 aliphatic rings. The Bertz CT molecular complexity index is 702. The fraction of sp³-hybridized carbons (Fsp3) is 0.133. The van der Waals surface area contributed by atoms with Crippen molar-refractivity contribution in [3.63, 3.8) is 0 Å². The zero-order valence-electron chi connectivity index (χ0n) is 10.7. The molecule has 0 heterocycles. The van der Waals surface area contributed by atoms with Crippen LogP contribution >= 0.6 is 0 Å². The molecule has 2 rings (SSSR count). The molecule has 0 fully saturated rings. The number of alkyl halides is 3. The Balaban J connectivity index is 2.18. The molecular formula is C15H10F3NOS. The van der Waals surface area contributed by atoms with Crippen LogP contribution in [0.3, 0.4) is 0 Å². The van der Waals surface area contributed by atoms with E-state index in [-0.39, 0.29) is 10.6 Å². The van der Waals surface area contributed by atoms with Crippen LogP contribution in [0.2, 0.25) is 0 Å². The number of benzene rings is 2. The number of hydrogen-bond acceptors (Lipinski definition) is 2. The van der Waals surface area contributed by atoms with Crippen LogP contribution in [0.1, 0.15) is 16.7 Å². The van der Waals surface area contributed by atoms with Gasteiger partial charge in [0.2, 0.25) is 0 Å². The molecule has 0 radical (unpaired) electrons. The molecule has 0 bridgehead atoms. The van der Waals surface area contributed by atoms with Gasteiger partial charge in [-0.05, 0) is 35.9 Å². The van der Waals surface area contributed by atoms with Crippen LogP contribution in [0.25, 0.3) is 0 Å². The van der Waals surface area contributed by atoms with Gasteiger partial charge in [0.15, 0.2) is 0 Å². The lowest BCUT2D eigenvalue weighted by Crippen LogP contribution is -2.06. The van der Waals surface area contributed by atoms with Gasteiger partial charge < -0.3 is 0 Å². The van der Waals surface area contributed by atoms with E-state index in [1.165, 1.54) is 12.1 Å². The van der Waals surface area contributed by atoms with E-state index >= 15 is 0 Å². The Hall–Kier alpha value is -2.13.